The molecule has 0 saturated heterocycles. The number of ether oxygens (including phenoxy) is 1. The zero-order valence-corrected chi connectivity index (χ0v) is 10.5. The molecular formula is C11H17ClN2O2. The maximum absolute atomic E-state index is 11.1. The van der Waals surface area contributed by atoms with Crippen LogP contribution in [0.15, 0.2) is 18.2 Å². The molecule has 0 unspecified atom stereocenters. The normalized spacial score (nSPS) is 9.19. The van der Waals surface area contributed by atoms with Crippen molar-refractivity contribution >= 4 is 24.0 Å². The summed E-state index contributed by atoms with van der Waals surface area (Å²) in [5.41, 5.74) is 6.63. The zero-order chi connectivity index (χ0) is 11.4. The molecular weight excluding hydrogens is 228 g/mol. The fraction of sp³-hybridized carbons (Fsp3) is 0.364. The van der Waals surface area contributed by atoms with Gasteiger partial charge in [0, 0.05) is 25.8 Å². The van der Waals surface area contributed by atoms with Crippen molar-refractivity contribution < 1.29 is 9.53 Å². The van der Waals surface area contributed by atoms with Gasteiger partial charge in [-0.25, -0.2) is 0 Å². The van der Waals surface area contributed by atoms with E-state index in [2.05, 4.69) is 0 Å². The fourth-order valence-electron chi connectivity index (χ4n) is 1.27. The molecule has 1 rings (SSSR count). The summed E-state index contributed by atoms with van der Waals surface area (Å²) < 4.78 is 5.36. The van der Waals surface area contributed by atoms with Crippen LogP contribution in [0.5, 0.6) is 5.75 Å². The van der Waals surface area contributed by atoms with Gasteiger partial charge in [0.1, 0.15) is 5.75 Å². The summed E-state index contributed by atoms with van der Waals surface area (Å²) >= 11 is 0. The molecule has 4 nitrogen and oxygen atoms in total. The Balaban J connectivity index is 0.00000225. The standard InChI is InChI=1S/C11H16N2O2.ClH/c1-4-15-10-7-8(13(2)3)5-6-9(10)11(12)14;/h5-7H,4H2,1-3H3,(H2,12,14);1H. The van der Waals surface area contributed by atoms with Gasteiger partial charge >= 0.3 is 0 Å². The van der Waals surface area contributed by atoms with E-state index in [0.717, 1.165) is 5.69 Å². The molecule has 0 atom stereocenters. The first-order valence-corrected chi connectivity index (χ1v) is 4.80. The Labute approximate surface area is 102 Å². The molecule has 1 amide bonds. The Morgan fingerprint density at radius 1 is 1.44 bits per heavy atom. The third kappa shape index (κ3) is 3.31. The number of carbonyl (C=O) groups is 1. The summed E-state index contributed by atoms with van der Waals surface area (Å²) in [6, 6.07) is 5.33. The van der Waals surface area contributed by atoms with Crippen LogP contribution in [0.3, 0.4) is 0 Å². The molecule has 0 aromatic heterocycles. The molecule has 90 valence electrons. The van der Waals surface area contributed by atoms with Crippen LogP contribution in [0.1, 0.15) is 17.3 Å². The van der Waals surface area contributed by atoms with Crippen LogP contribution in [0.2, 0.25) is 0 Å². The number of amides is 1. The summed E-state index contributed by atoms with van der Waals surface area (Å²) in [4.78, 5) is 13.0. The van der Waals surface area contributed by atoms with Crippen molar-refractivity contribution in [3.8, 4) is 5.75 Å². The fourth-order valence-corrected chi connectivity index (χ4v) is 1.27. The molecule has 1 aromatic carbocycles. The van der Waals surface area contributed by atoms with Crippen molar-refractivity contribution in [3.05, 3.63) is 23.8 Å². The van der Waals surface area contributed by atoms with E-state index in [4.69, 9.17) is 10.5 Å². The van der Waals surface area contributed by atoms with Gasteiger partial charge in [0.25, 0.3) is 5.91 Å². The maximum atomic E-state index is 11.1. The highest BCUT2D eigenvalue weighted by Gasteiger charge is 2.10. The first kappa shape index (κ1) is 14.6. The van der Waals surface area contributed by atoms with Crippen molar-refractivity contribution in [1.29, 1.82) is 0 Å². The van der Waals surface area contributed by atoms with E-state index in [1.165, 1.54) is 0 Å². The number of primary amides is 1. The lowest BCUT2D eigenvalue weighted by molar-refractivity contribution is 0.0996. The topological polar surface area (TPSA) is 55.6 Å². The number of hydrogen-bond donors (Lipinski definition) is 1. The van der Waals surface area contributed by atoms with Gasteiger partial charge < -0.3 is 15.4 Å². The molecule has 0 spiro atoms. The van der Waals surface area contributed by atoms with E-state index in [1.807, 2.05) is 38.1 Å². The predicted molar refractivity (Wildman–Crippen MR) is 67.7 cm³/mol. The highest BCUT2D eigenvalue weighted by Crippen LogP contribution is 2.24. The molecule has 5 heteroatoms. The number of hydrogen-bond acceptors (Lipinski definition) is 3. The summed E-state index contributed by atoms with van der Waals surface area (Å²) in [5, 5.41) is 0. The quantitative estimate of drug-likeness (QED) is 0.877. The first-order valence-electron chi connectivity index (χ1n) is 4.80. The highest BCUT2D eigenvalue weighted by atomic mass is 35.5. The lowest BCUT2D eigenvalue weighted by atomic mass is 10.1. The second-order valence-corrected chi connectivity index (χ2v) is 3.37. The third-order valence-corrected chi connectivity index (χ3v) is 2.05. The third-order valence-electron chi connectivity index (χ3n) is 2.05. The molecule has 2 N–H and O–H groups in total. The summed E-state index contributed by atoms with van der Waals surface area (Å²) in [5.74, 6) is 0.0694. The van der Waals surface area contributed by atoms with E-state index < -0.39 is 5.91 Å². The van der Waals surface area contributed by atoms with E-state index in [-0.39, 0.29) is 12.4 Å². The number of carbonyl (C=O) groups excluding carboxylic acids is 1. The van der Waals surface area contributed by atoms with E-state index >= 15 is 0 Å². The molecule has 0 fully saturated rings. The minimum atomic E-state index is -0.469. The van der Waals surface area contributed by atoms with E-state index in [0.29, 0.717) is 17.9 Å². The summed E-state index contributed by atoms with van der Waals surface area (Å²) in [7, 11) is 3.85. The Morgan fingerprint density at radius 3 is 2.50 bits per heavy atom. The predicted octanol–water partition coefficient (Wildman–Crippen LogP) is 1.67. The van der Waals surface area contributed by atoms with Crippen molar-refractivity contribution in [1.82, 2.24) is 0 Å². The van der Waals surface area contributed by atoms with Gasteiger partial charge in [0.15, 0.2) is 0 Å². The number of rotatable bonds is 4. The number of nitrogens with two attached hydrogens (primary N) is 1. The van der Waals surface area contributed by atoms with Crippen LogP contribution in [0.4, 0.5) is 5.69 Å². The number of nitrogens with zero attached hydrogens (tertiary/aromatic N) is 1. The van der Waals surface area contributed by atoms with Crippen LogP contribution < -0.4 is 15.4 Å². The van der Waals surface area contributed by atoms with Crippen LogP contribution in [0, 0.1) is 0 Å². The zero-order valence-electron chi connectivity index (χ0n) is 9.69. The van der Waals surface area contributed by atoms with Crippen LogP contribution in [0.25, 0.3) is 0 Å². The average molecular weight is 245 g/mol. The minimum Gasteiger partial charge on any atom is -0.493 e. The first-order chi connectivity index (χ1) is 7.06. The molecule has 16 heavy (non-hydrogen) atoms. The minimum absolute atomic E-state index is 0. The van der Waals surface area contributed by atoms with Gasteiger partial charge in [-0.1, -0.05) is 0 Å². The molecule has 0 aliphatic rings. The van der Waals surface area contributed by atoms with Crippen molar-refractivity contribution in [2.45, 2.75) is 6.92 Å². The van der Waals surface area contributed by atoms with Gasteiger partial charge in [-0.3, -0.25) is 4.79 Å². The summed E-state index contributed by atoms with van der Waals surface area (Å²) in [6.45, 7) is 2.38. The second kappa shape index (κ2) is 6.23. The lowest BCUT2D eigenvalue weighted by Gasteiger charge is -2.15. The Kier molecular flexibility index (Phi) is 5.67. The smallest absolute Gasteiger partial charge is 0.252 e. The van der Waals surface area contributed by atoms with Gasteiger partial charge in [-0.05, 0) is 19.1 Å². The number of benzene rings is 1. The van der Waals surface area contributed by atoms with Crippen LogP contribution >= 0.6 is 12.4 Å². The Bertz CT molecular complexity index is 367. The van der Waals surface area contributed by atoms with E-state index in [9.17, 15) is 4.79 Å². The van der Waals surface area contributed by atoms with Crippen molar-refractivity contribution in [2.75, 3.05) is 25.6 Å². The highest BCUT2D eigenvalue weighted by molar-refractivity contribution is 5.96. The van der Waals surface area contributed by atoms with Crippen LogP contribution in [-0.2, 0) is 0 Å². The SMILES string of the molecule is CCOc1cc(N(C)C)ccc1C(N)=O.Cl. The van der Waals surface area contributed by atoms with Gasteiger partial charge in [-0.2, -0.15) is 0 Å². The Morgan fingerprint density at radius 2 is 2.06 bits per heavy atom. The molecule has 0 aliphatic heterocycles. The molecule has 1 aromatic rings. The molecule has 0 saturated carbocycles. The monoisotopic (exact) mass is 244 g/mol. The number of anilines is 1. The van der Waals surface area contributed by atoms with Gasteiger partial charge in [0.2, 0.25) is 0 Å². The average Bonchev–Trinajstić information content (AvgIpc) is 2.17. The summed E-state index contributed by atoms with van der Waals surface area (Å²) in [6.07, 6.45) is 0. The number of halogens is 1. The molecule has 0 aliphatic carbocycles. The van der Waals surface area contributed by atoms with Crippen molar-refractivity contribution in [2.24, 2.45) is 5.73 Å². The Hall–Kier alpha value is -1.42. The molecule has 0 heterocycles. The van der Waals surface area contributed by atoms with Crippen molar-refractivity contribution in [3.63, 3.8) is 0 Å². The molecule has 0 radical (unpaired) electrons. The largest absolute Gasteiger partial charge is 0.493 e. The van der Waals surface area contributed by atoms with Gasteiger partial charge in [-0.15, -0.1) is 12.4 Å². The van der Waals surface area contributed by atoms with E-state index in [1.54, 1.807) is 6.07 Å². The second-order valence-electron chi connectivity index (χ2n) is 3.37. The van der Waals surface area contributed by atoms with Crippen LogP contribution in [-0.4, -0.2) is 26.6 Å². The van der Waals surface area contributed by atoms with Gasteiger partial charge in [0.05, 0.1) is 12.2 Å². The lowest BCUT2D eigenvalue weighted by Crippen LogP contribution is -2.14. The maximum Gasteiger partial charge on any atom is 0.252 e. The molecule has 0 bridgehead atoms.